The van der Waals surface area contributed by atoms with Crippen molar-refractivity contribution < 1.29 is 0 Å². The SMILES string of the molecule is c1ccc2c(c1)Cc1ccc3c(c1-2)CCCCCCCC3. The summed E-state index contributed by atoms with van der Waals surface area (Å²) in [5.41, 5.74) is 9.52. The lowest BCUT2D eigenvalue weighted by molar-refractivity contribution is 0.581. The highest BCUT2D eigenvalue weighted by molar-refractivity contribution is 5.80. The Morgan fingerprint density at radius 3 is 2.19 bits per heavy atom. The molecule has 0 heterocycles. The number of hydrogen-bond acceptors (Lipinski definition) is 0. The predicted octanol–water partition coefficient (Wildman–Crippen LogP) is 5.70. The molecule has 0 aliphatic heterocycles. The van der Waals surface area contributed by atoms with E-state index in [1.54, 1.807) is 22.3 Å². The maximum atomic E-state index is 2.43. The van der Waals surface area contributed by atoms with E-state index in [-0.39, 0.29) is 0 Å². The van der Waals surface area contributed by atoms with Crippen molar-refractivity contribution in [3.05, 3.63) is 58.7 Å². The Bertz CT molecular complexity index is 651. The number of aryl methyl sites for hydroxylation is 1. The van der Waals surface area contributed by atoms with E-state index in [2.05, 4.69) is 36.4 Å². The van der Waals surface area contributed by atoms with E-state index in [1.807, 2.05) is 0 Å². The van der Waals surface area contributed by atoms with Crippen molar-refractivity contribution in [2.24, 2.45) is 0 Å². The van der Waals surface area contributed by atoms with E-state index in [0.29, 0.717) is 0 Å². The highest BCUT2D eigenvalue weighted by Gasteiger charge is 2.22. The normalized spacial score (nSPS) is 17.7. The number of hydrogen-bond donors (Lipinski definition) is 0. The molecule has 0 N–H and O–H groups in total. The average molecular weight is 276 g/mol. The third-order valence-corrected chi connectivity index (χ3v) is 5.29. The maximum Gasteiger partial charge on any atom is -0.00133 e. The molecule has 2 aliphatic carbocycles. The molecule has 0 saturated heterocycles. The monoisotopic (exact) mass is 276 g/mol. The minimum atomic E-state index is 1.14. The minimum Gasteiger partial charge on any atom is -0.0619 e. The molecule has 2 aromatic carbocycles. The van der Waals surface area contributed by atoms with Crippen LogP contribution in [0, 0.1) is 0 Å². The molecule has 0 unspecified atom stereocenters. The van der Waals surface area contributed by atoms with Crippen LogP contribution in [0.4, 0.5) is 0 Å². The van der Waals surface area contributed by atoms with Gasteiger partial charge >= 0.3 is 0 Å². The van der Waals surface area contributed by atoms with Crippen molar-refractivity contribution in [2.45, 2.75) is 57.8 Å². The summed E-state index contributed by atoms with van der Waals surface area (Å²) in [5, 5.41) is 0. The first-order valence-corrected chi connectivity index (χ1v) is 8.65. The molecule has 0 spiro atoms. The Kier molecular flexibility index (Phi) is 3.55. The molecule has 0 radical (unpaired) electrons. The van der Waals surface area contributed by atoms with Crippen LogP contribution in [0.25, 0.3) is 11.1 Å². The standard InChI is InChI=1S/C21H24/c1-2-4-6-11-19-16(9-5-3-1)13-14-18-15-17-10-7-8-12-20(17)21(18)19/h7-8,10,12-14H,1-6,9,11,15H2. The molecule has 21 heavy (non-hydrogen) atoms. The molecule has 0 heteroatoms. The van der Waals surface area contributed by atoms with Crippen LogP contribution in [-0.4, -0.2) is 0 Å². The van der Waals surface area contributed by atoms with E-state index >= 15 is 0 Å². The Labute approximate surface area is 128 Å². The first-order chi connectivity index (χ1) is 10.4. The predicted molar refractivity (Wildman–Crippen MR) is 89.8 cm³/mol. The van der Waals surface area contributed by atoms with E-state index in [9.17, 15) is 0 Å². The summed E-state index contributed by atoms with van der Waals surface area (Å²) in [6.45, 7) is 0. The van der Waals surface area contributed by atoms with Crippen LogP contribution in [0.5, 0.6) is 0 Å². The highest BCUT2D eigenvalue weighted by Crippen LogP contribution is 2.41. The van der Waals surface area contributed by atoms with Gasteiger partial charge in [-0.2, -0.15) is 0 Å². The van der Waals surface area contributed by atoms with Gasteiger partial charge in [0.15, 0.2) is 0 Å². The van der Waals surface area contributed by atoms with Crippen LogP contribution in [0.3, 0.4) is 0 Å². The van der Waals surface area contributed by atoms with Crippen LogP contribution >= 0.6 is 0 Å². The van der Waals surface area contributed by atoms with E-state index in [0.717, 1.165) is 6.42 Å². The maximum absolute atomic E-state index is 2.43. The zero-order chi connectivity index (χ0) is 14.1. The molecule has 0 atom stereocenters. The minimum absolute atomic E-state index is 1.14. The second kappa shape index (κ2) is 5.67. The Balaban J connectivity index is 1.82. The van der Waals surface area contributed by atoms with Crippen molar-refractivity contribution in [3.63, 3.8) is 0 Å². The fourth-order valence-corrected chi connectivity index (χ4v) is 4.19. The number of rotatable bonds is 0. The largest absolute Gasteiger partial charge is 0.0619 e. The summed E-state index contributed by atoms with van der Waals surface area (Å²) in [5.74, 6) is 0. The van der Waals surface area contributed by atoms with Gasteiger partial charge in [0.05, 0.1) is 0 Å². The lowest BCUT2D eigenvalue weighted by Crippen LogP contribution is -2.01. The second-order valence-electron chi connectivity index (χ2n) is 6.69. The molecule has 0 nitrogen and oxygen atoms in total. The molecule has 2 aliphatic rings. The number of fused-ring (bicyclic) bond motifs is 5. The first kappa shape index (κ1) is 13.1. The number of benzene rings is 2. The van der Waals surface area contributed by atoms with Gasteiger partial charge in [-0.25, -0.2) is 0 Å². The molecular formula is C21H24. The molecule has 4 rings (SSSR count). The zero-order valence-electron chi connectivity index (χ0n) is 12.8. The smallest absolute Gasteiger partial charge is 0.00133 e. The second-order valence-corrected chi connectivity index (χ2v) is 6.69. The summed E-state index contributed by atoms with van der Waals surface area (Å²) < 4.78 is 0. The van der Waals surface area contributed by atoms with Gasteiger partial charge in [-0.1, -0.05) is 62.1 Å². The van der Waals surface area contributed by atoms with Gasteiger partial charge in [-0.15, -0.1) is 0 Å². The van der Waals surface area contributed by atoms with Crippen LogP contribution < -0.4 is 0 Å². The van der Waals surface area contributed by atoms with E-state index in [1.165, 1.54) is 62.5 Å². The van der Waals surface area contributed by atoms with Crippen molar-refractivity contribution in [1.82, 2.24) is 0 Å². The van der Waals surface area contributed by atoms with E-state index < -0.39 is 0 Å². The van der Waals surface area contributed by atoms with Gasteiger partial charge in [0.2, 0.25) is 0 Å². The van der Waals surface area contributed by atoms with Crippen molar-refractivity contribution in [3.8, 4) is 11.1 Å². The topological polar surface area (TPSA) is 0 Å². The van der Waals surface area contributed by atoms with Crippen molar-refractivity contribution >= 4 is 0 Å². The van der Waals surface area contributed by atoms with Crippen LogP contribution in [0.2, 0.25) is 0 Å². The summed E-state index contributed by atoms with van der Waals surface area (Å²) in [4.78, 5) is 0. The molecule has 2 aromatic rings. The highest BCUT2D eigenvalue weighted by atomic mass is 14.3. The average Bonchev–Trinajstić information content (AvgIpc) is 2.90. The molecule has 108 valence electrons. The summed E-state index contributed by atoms with van der Waals surface area (Å²) >= 11 is 0. The Hall–Kier alpha value is -1.56. The van der Waals surface area contributed by atoms with Crippen molar-refractivity contribution in [1.29, 1.82) is 0 Å². The zero-order valence-corrected chi connectivity index (χ0v) is 12.8. The van der Waals surface area contributed by atoms with Crippen LogP contribution in [-0.2, 0) is 19.3 Å². The molecule has 0 amide bonds. The Morgan fingerprint density at radius 1 is 0.571 bits per heavy atom. The Morgan fingerprint density at radius 2 is 1.29 bits per heavy atom. The summed E-state index contributed by atoms with van der Waals surface area (Å²) in [7, 11) is 0. The summed E-state index contributed by atoms with van der Waals surface area (Å²) in [6.07, 6.45) is 12.1. The van der Waals surface area contributed by atoms with Crippen molar-refractivity contribution in [2.75, 3.05) is 0 Å². The van der Waals surface area contributed by atoms with Gasteiger partial charge in [-0.3, -0.25) is 0 Å². The quantitative estimate of drug-likeness (QED) is 0.494. The fourth-order valence-electron chi connectivity index (χ4n) is 4.19. The third-order valence-electron chi connectivity index (χ3n) is 5.29. The summed E-state index contributed by atoms with van der Waals surface area (Å²) in [6, 6.07) is 13.9. The lowest BCUT2D eigenvalue weighted by atomic mass is 9.88. The van der Waals surface area contributed by atoms with Crippen LogP contribution in [0.1, 0.15) is 60.8 Å². The van der Waals surface area contributed by atoms with Gasteiger partial charge in [0, 0.05) is 0 Å². The third kappa shape index (κ3) is 2.41. The molecule has 0 aromatic heterocycles. The fraction of sp³-hybridized carbons (Fsp3) is 0.429. The van der Waals surface area contributed by atoms with Gasteiger partial charge < -0.3 is 0 Å². The van der Waals surface area contributed by atoms with Gasteiger partial charge in [-0.05, 0) is 65.5 Å². The molecular weight excluding hydrogens is 252 g/mol. The van der Waals surface area contributed by atoms with Gasteiger partial charge in [0.1, 0.15) is 0 Å². The van der Waals surface area contributed by atoms with Gasteiger partial charge in [0.25, 0.3) is 0 Å². The molecule has 0 fully saturated rings. The molecule has 0 bridgehead atoms. The first-order valence-electron chi connectivity index (χ1n) is 8.65. The van der Waals surface area contributed by atoms with Crippen LogP contribution in [0.15, 0.2) is 36.4 Å². The van der Waals surface area contributed by atoms with E-state index in [4.69, 9.17) is 0 Å². The molecule has 0 saturated carbocycles. The lowest BCUT2D eigenvalue weighted by Gasteiger charge is -2.17.